The number of nitrogens with zero attached hydrogens (tertiary/aromatic N) is 1. The Hall–Kier alpha value is -0.200. The van der Waals surface area contributed by atoms with Gasteiger partial charge in [0.05, 0.1) is 6.54 Å². The zero-order valence-electron chi connectivity index (χ0n) is 12.2. The van der Waals surface area contributed by atoms with E-state index in [1.165, 1.54) is 0 Å². The minimum Gasteiger partial charge on any atom is -0.870 e. The first kappa shape index (κ1) is 20.1. The second kappa shape index (κ2) is 9.69. The second-order valence-corrected chi connectivity index (χ2v) is 5.51. The fourth-order valence-corrected chi connectivity index (χ4v) is 2.67. The first-order valence-electron chi connectivity index (χ1n) is 6.70. The van der Waals surface area contributed by atoms with E-state index in [2.05, 4.69) is 6.92 Å². The fraction of sp³-hybridized carbons (Fsp3) is 1.00. The molecule has 0 aromatic carbocycles. The van der Waals surface area contributed by atoms with Crippen molar-refractivity contribution in [3.05, 3.63) is 0 Å². The third kappa shape index (κ3) is 8.83. The number of hydrogen-bond acceptors (Lipinski definition) is 4. The molecule has 112 valence electrons. The summed E-state index contributed by atoms with van der Waals surface area (Å²) in [4.78, 5) is 0. The van der Waals surface area contributed by atoms with Gasteiger partial charge in [0.1, 0.15) is 37.9 Å². The van der Waals surface area contributed by atoms with Crippen LogP contribution >= 0.6 is 0 Å². The highest BCUT2D eigenvalue weighted by Gasteiger charge is 2.31. The Bertz CT molecular complexity index is 169. The molecule has 0 bridgehead atoms. The van der Waals surface area contributed by atoms with Gasteiger partial charge in [-0.15, -0.1) is 0 Å². The van der Waals surface area contributed by atoms with Crippen molar-refractivity contribution in [1.29, 1.82) is 0 Å². The molecule has 5 nitrogen and oxygen atoms in total. The Kier molecular flexibility index (Phi) is 10.8. The summed E-state index contributed by atoms with van der Waals surface area (Å²) in [6.45, 7) is 10.1. The minimum atomic E-state index is -0.413. The molecule has 0 aliphatic heterocycles. The van der Waals surface area contributed by atoms with E-state index in [-0.39, 0.29) is 5.48 Å². The van der Waals surface area contributed by atoms with Crippen LogP contribution in [-0.2, 0) is 0 Å². The summed E-state index contributed by atoms with van der Waals surface area (Å²) in [6.07, 6.45) is 0.893. The molecule has 0 aliphatic carbocycles. The third-order valence-corrected chi connectivity index (χ3v) is 2.94. The third-order valence-electron chi connectivity index (χ3n) is 2.94. The van der Waals surface area contributed by atoms with E-state index >= 15 is 0 Å². The van der Waals surface area contributed by atoms with Gasteiger partial charge >= 0.3 is 0 Å². The molecule has 4 N–H and O–H groups in total. The molecule has 0 saturated heterocycles. The molecule has 0 heterocycles. The van der Waals surface area contributed by atoms with Crippen molar-refractivity contribution in [2.24, 2.45) is 0 Å². The van der Waals surface area contributed by atoms with Crippen LogP contribution < -0.4 is 0 Å². The van der Waals surface area contributed by atoms with Crippen molar-refractivity contribution in [2.75, 3.05) is 26.2 Å². The minimum absolute atomic E-state index is 0. The molecule has 3 atom stereocenters. The molecule has 0 aromatic rings. The predicted molar refractivity (Wildman–Crippen MR) is 71.6 cm³/mol. The van der Waals surface area contributed by atoms with E-state index in [1.54, 1.807) is 20.8 Å². The lowest BCUT2D eigenvalue weighted by atomic mass is 10.1. The summed E-state index contributed by atoms with van der Waals surface area (Å²) < 4.78 is 0.598. The van der Waals surface area contributed by atoms with Crippen molar-refractivity contribution in [1.82, 2.24) is 0 Å². The molecule has 0 aromatic heterocycles. The van der Waals surface area contributed by atoms with Gasteiger partial charge in [-0.3, -0.25) is 0 Å². The Morgan fingerprint density at radius 2 is 1.17 bits per heavy atom. The summed E-state index contributed by atoms with van der Waals surface area (Å²) in [5, 5.41) is 28.9. The van der Waals surface area contributed by atoms with E-state index in [0.29, 0.717) is 24.1 Å². The van der Waals surface area contributed by atoms with E-state index in [4.69, 9.17) is 0 Å². The predicted octanol–water partition coefficient (Wildman–Crippen LogP) is 0.569. The molecular weight excluding hydrogens is 234 g/mol. The molecule has 18 heavy (non-hydrogen) atoms. The van der Waals surface area contributed by atoms with Crippen LogP contribution in [0.15, 0.2) is 0 Å². The van der Waals surface area contributed by atoms with Gasteiger partial charge in [-0.2, -0.15) is 0 Å². The highest BCUT2D eigenvalue weighted by molar-refractivity contribution is 4.57. The molecule has 5 heteroatoms. The van der Waals surface area contributed by atoms with Crippen molar-refractivity contribution < 1.29 is 25.3 Å². The number of hydrogen-bond donors (Lipinski definition) is 3. The number of quaternary nitrogens is 1. The number of rotatable bonds is 9. The Morgan fingerprint density at radius 1 is 0.833 bits per heavy atom. The van der Waals surface area contributed by atoms with Crippen LogP contribution in [0, 0.1) is 0 Å². The molecule has 0 amide bonds. The normalized spacial score (nSPS) is 19.5. The number of unbranched alkanes of at least 4 members (excludes halogenated alkanes) is 1. The Balaban J connectivity index is 0. The lowest BCUT2D eigenvalue weighted by Gasteiger charge is -2.41. The summed E-state index contributed by atoms with van der Waals surface area (Å²) in [7, 11) is 0. The van der Waals surface area contributed by atoms with Gasteiger partial charge in [-0.25, -0.2) is 0 Å². The lowest BCUT2D eigenvalue weighted by molar-refractivity contribution is -0.935. The summed E-state index contributed by atoms with van der Waals surface area (Å²) >= 11 is 0. The molecule has 0 fully saturated rings. The molecule has 0 saturated carbocycles. The molecule has 3 unspecified atom stereocenters. The maximum Gasteiger partial charge on any atom is 0.105 e. The van der Waals surface area contributed by atoms with Crippen molar-refractivity contribution in [3.8, 4) is 0 Å². The SMILES string of the molecule is CCCC[N+](CC(C)O)(CC(C)O)CC(C)O.[OH-]. The smallest absolute Gasteiger partial charge is 0.105 e. The van der Waals surface area contributed by atoms with Gasteiger partial charge < -0.3 is 25.3 Å². The zero-order valence-corrected chi connectivity index (χ0v) is 12.2. The first-order chi connectivity index (χ1) is 7.81. The van der Waals surface area contributed by atoms with Gasteiger partial charge in [-0.05, 0) is 27.2 Å². The molecule has 0 aliphatic rings. The van der Waals surface area contributed by atoms with E-state index < -0.39 is 18.3 Å². The second-order valence-electron chi connectivity index (χ2n) is 5.51. The van der Waals surface area contributed by atoms with Gasteiger partial charge in [0.25, 0.3) is 0 Å². The fourth-order valence-electron chi connectivity index (χ4n) is 2.67. The maximum absolute atomic E-state index is 9.63. The van der Waals surface area contributed by atoms with Crippen molar-refractivity contribution in [2.45, 2.75) is 58.8 Å². The lowest BCUT2D eigenvalue weighted by Crippen LogP contribution is -2.58. The standard InChI is InChI=1S/C13H30NO3.H2O/c1-5-6-7-14(8-11(2)15,9-12(3)16)10-13(4)17;/h11-13,15-17H,5-10H2,1-4H3;1H2/q+1;/p-1. The average Bonchev–Trinajstić information content (AvgIpc) is 2.11. The van der Waals surface area contributed by atoms with Crippen LogP contribution in [0.3, 0.4) is 0 Å². The van der Waals surface area contributed by atoms with E-state index in [9.17, 15) is 15.3 Å². The van der Waals surface area contributed by atoms with Crippen LogP contribution in [0.4, 0.5) is 0 Å². The van der Waals surface area contributed by atoms with E-state index in [0.717, 1.165) is 19.4 Å². The maximum atomic E-state index is 9.63. The first-order valence-corrected chi connectivity index (χ1v) is 6.70. The number of aliphatic hydroxyl groups is 3. The quantitative estimate of drug-likeness (QED) is 0.532. The molecule has 0 spiro atoms. The van der Waals surface area contributed by atoms with Crippen LogP contribution in [0.5, 0.6) is 0 Å². The highest BCUT2D eigenvalue weighted by Crippen LogP contribution is 2.14. The molecular formula is C13H31NO4. The van der Waals surface area contributed by atoms with Crippen molar-refractivity contribution >= 4 is 0 Å². The highest BCUT2D eigenvalue weighted by atomic mass is 16.3. The van der Waals surface area contributed by atoms with Gasteiger partial charge in [-0.1, -0.05) is 13.3 Å². The van der Waals surface area contributed by atoms with Crippen LogP contribution in [0.2, 0.25) is 0 Å². The molecule has 0 rings (SSSR count). The summed E-state index contributed by atoms with van der Waals surface area (Å²) in [6, 6.07) is 0. The van der Waals surface area contributed by atoms with Gasteiger partial charge in [0.2, 0.25) is 0 Å². The Morgan fingerprint density at radius 3 is 1.39 bits per heavy atom. The zero-order chi connectivity index (χ0) is 13.5. The Labute approximate surface area is 111 Å². The van der Waals surface area contributed by atoms with Gasteiger partial charge in [0.15, 0.2) is 0 Å². The van der Waals surface area contributed by atoms with Crippen LogP contribution in [0.25, 0.3) is 0 Å². The summed E-state index contributed by atoms with van der Waals surface area (Å²) in [5.41, 5.74) is 0. The molecule has 0 radical (unpaired) electrons. The number of aliphatic hydroxyl groups excluding tert-OH is 3. The van der Waals surface area contributed by atoms with Crippen LogP contribution in [0.1, 0.15) is 40.5 Å². The topological polar surface area (TPSA) is 90.7 Å². The van der Waals surface area contributed by atoms with Crippen molar-refractivity contribution in [3.63, 3.8) is 0 Å². The summed E-state index contributed by atoms with van der Waals surface area (Å²) in [5.74, 6) is 0. The monoisotopic (exact) mass is 265 g/mol. The average molecular weight is 265 g/mol. The largest absolute Gasteiger partial charge is 0.870 e. The van der Waals surface area contributed by atoms with E-state index in [1.807, 2.05) is 0 Å². The van der Waals surface area contributed by atoms with Crippen LogP contribution in [-0.4, -0.2) is 69.8 Å². The van der Waals surface area contributed by atoms with Gasteiger partial charge in [0, 0.05) is 0 Å².